The summed E-state index contributed by atoms with van der Waals surface area (Å²) in [6.07, 6.45) is 0. The van der Waals surface area contributed by atoms with Crippen molar-refractivity contribution in [3.05, 3.63) is 28.1 Å². The van der Waals surface area contributed by atoms with Gasteiger partial charge in [0.05, 0.1) is 10.7 Å². The van der Waals surface area contributed by atoms with E-state index in [-0.39, 0.29) is 5.91 Å². The first-order chi connectivity index (χ1) is 9.00. The second kappa shape index (κ2) is 5.77. The van der Waals surface area contributed by atoms with E-state index in [0.29, 0.717) is 22.1 Å². The van der Waals surface area contributed by atoms with Crippen molar-refractivity contribution in [3.63, 3.8) is 0 Å². The van der Waals surface area contributed by atoms with Gasteiger partial charge in [0.25, 0.3) is 5.91 Å². The molecule has 1 amide bonds. The molecule has 0 aliphatic carbocycles. The molecule has 102 valence electrons. The molecule has 0 saturated heterocycles. The van der Waals surface area contributed by atoms with Gasteiger partial charge in [-0.1, -0.05) is 17.7 Å². The molecule has 1 aromatic carbocycles. The van der Waals surface area contributed by atoms with Crippen LogP contribution >= 0.6 is 22.9 Å². The van der Waals surface area contributed by atoms with Crippen molar-refractivity contribution in [2.24, 2.45) is 0 Å². The third-order valence-electron chi connectivity index (χ3n) is 2.75. The summed E-state index contributed by atoms with van der Waals surface area (Å²) in [5.41, 5.74) is 6.49. The molecule has 0 spiro atoms. The van der Waals surface area contributed by atoms with Gasteiger partial charge in [0.2, 0.25) is 0 Å². The zero-order chi connectivity index (χ0) is 14.0. The van der Waals surface area contributed by atoms with Crippen LogP contribution in [0.25, 0.3) is 10.1 Å². The van der Waals surface area contributed by atoms with Gasteiger partial charge in [-0.05, 0) is 26.2 Å². The Kier molecular flexibility index (Phi) is 4.29. The van der Waals surface area contributed by atoms with Crippen molar-refractivity contribution in [1.29, 1.82) is 0 Å². The number of benzene rings is 1. The maximum absolute atomic E-state index is 12.1. The van der Waals surface area contributed by atoms with E-state index in [1.807, 2.05) is 31.1 Å². The van der Waals surface area contributed by atoms with Gasteiger partial charge in [-0.25, -0.2) is 0 Å². The van der Waals surface area contributed by atoms with Gasteiger partial charge in [0, 0.05) is 23.2 Å². The van der Waals surface area contributed by atoms with Crippen LogP contribution in [0.1, 0.15) is 9.67 Å². The van der Waals surface area contributed by atoms with Gasteiger partial charge in [0.15, 0.2) is 0 Å². The van der Waals surface area contributed by atoms with Crippen molar-refractivity contribution in [2.45, 2.75) is 0 Å². The Hall–Kier alpha value is -1.30. The summed E-state index contributed by atoms with van der Waals surface area (Å²) < 4.78 is 0.933. The molecule has 0 fully saturated rings. The average molecular weight is 298 g/mol. The summed E-state index contributed by atoms with van der Waals surface area (Å²) in [6, 6.07) is 5.55. The van der Waals surface area contributed by atoms with Crippen LogP contribution in [0, 0.1) is 0 Å². The molecular formula is C13H16ClN3OS. The topological polar surface area (TPSA) is 58.4 Å². The molecular weight excluding hydrogens is 282 g/mol. The van der Waals surface area contributed by atoms with Crippen LogP contribution in [0.4, 0.5) is 5.69 Å². The number of nitrogens with one attached hydrogen (secondary N) is 1. The van der Waals surface area contributed by atoms with Gasteiger partial charge < -0.3 is 16.0 Å². The summed E-state index contributed by atoms with van der Waals surface area (Å²) in [5, 5.41) is 4.21. The predicted octanol–water partition coefficient (Wildman–Crippen LogP) is 2.43. The quantitative estimate of drug-likeness (QED) is 0.911. The van der Waals surface area contributed by atoms with E-state index in [1.54, 1.807) is 6.07 Å². The minimum atomic E-state index is -0.142. The number of thiophene rings is 1. The molecule has 0 radical (unpaired) electrons. The van der Waals surface area contributed by atoms with Crippen LogP contribution in [-0.2, 0) is 0 Å². The predicted molar refractivity (Wildman–Crippen MR) is 82.1 cm³/mol. The molecule has 0 saturated carbocycles. The lowest BCUT2D eigenvalue weighted by atomic mass is 10.2. The van der Waals surface area contributed by atoms with Crippen molar-refractivity contribution in [2.75, 3.05) is 32.9 Å². The standard InChI is InChI=1S/C13H16ClN3OS/c1-17(2)7-6-16-13(18)12-11(15)10-8(14)4-3-5-9(10)19-12/h3-5H,6-7,15H2,1-2H3,(H,16,18). The molecule has 0 aliphatic heterocycles. The maximum Gasteiger partial charge on any atom is 0.263 e. The smallest absolute Gasteiger partial charge is 0.263 e. The fourth-order valence-electron chi connectivity index (χ4n) is 1.77. The zero-order valence-corrected chi connectivity index (χ0v) is 12.4. The Balaban J connectivity index is 2.23. The summed E-state index contributed by atoms with van der Waals surface area (Å²) >= 11 is 7.48. The number of nitrogen functional groups attached to an aromatic ring is 1. The number of nitrogens with zero attached hydrogens (tertiary/aromatic N) is 1. The number of rotatable bonds is 4. The minimum Gasteiger partial charge on any atom is -0.397 e. The van der Waals surface area contributed by atoms with E-state index in [2.05, 4.69) is 5.32 Å². The van der Waals surface area contributed by atoms with E-state index in [9.17, 15) is 4.79 Å². The first kappa shape index (κ1) is 14.1. The van der Waals surface area contributed by atoms with Crippen LogP contribution in [0.15, 0.2) is 18.2 Å². The van der Waals surface area contributed by atoms with Gasteiger partial charge in [-0.15, -0.1) is 11.3 Å². The third kappa shape index (κ3) is 3.00. The second-order valence-corrected chi connectivity index (χ2v) is 5.98. The molecule has 0 atom stereocenters. The lowest BCUT2D eigenvalue weighted by Gasteiger charge is -2.09. The number of hydrogen-bond donors (Lipinski definition) is 2. The first-order valence-corrected chi connectivity index (χ1v) is 7.09. The zero-order valence-electron chi connectivity index (χ0n) is 10.9. The molecule has 6 heteroatoms. The number of halogens is 1. The number of anilines is 1. The number of amides is 1. The summed E-state index contributed by atoms with van der Waals surface area (Å²) in [4.78, 5) is 14.6. The van der Waals surface area contributed by atoms with Crippen molar-refractivity contribution < 1.29 is 4.79 Å². The van der Waals surface area contributed by atoms with E-state index in [4.69, 9.17) is 17.3 Å². The number of likely N-dealkylation sites (N-methyl/N-ethyl adjacent to an activating group) is 1. The maximum atomic E-state index is 12.1. The normalized spacial score (nSPS) is 11.2. The molecule has 4 nitrogen and oxygen atoms in total. The first-order valence-electron chi connectivity index (χ1n) is 5.90. The molecule has 2 rings (SSSR count). The summed E-state index contributed by atoms with van der Waals surface area (Å²) in [5.74, 6) is -0.142. The lowest BCUT2D eigenvalue weighted by molar-refractivity contribution is 0.0956. The Morgan fingerprint density at radius 2 is 2.21 bits per heavy atom. The van der Waals surface area contributed by atoms with E-state index >= 15 is 0 Å². The van der Waals surface area contributed by atoms with Crippen LogP contribution in [-0.4, -0.2) is 38.0 Å². The Labute approximate surface area is 121 Å². The number of fused-ring (bicyclic) bond motifs is 1. The fourth-order valence-corrected chi connectivity index (χ4v) is 3.17. The van der Waals surface area contributed by atoms with Crippen LogP contribution in [0.2, 0.25) is 5.02 Å². The fraction of sp³-hybridized carbons (Fsp3) is 0.308. The van der Waals surface area contributed by atoms with Crippen molar-refractivity contribution in [1.82, 2.24) is 10.2 Å². The monoisotopic (exact) mass is 297 g/mol. The number of carbonyl (C=O) groups excluding carboxylic acids is 1. The third-order valence-corrected chi connectivity index (χ3v) is 4.24. The summed E-state index contributed by atoms with van der Waals surface area (Å²) in [6.45, 7) is 1.38. The molecule has 19 heavy (non-hydrogen) atoms. The van der Waals surface area contributed by atoms with Crippen molar-refractivity contribution in [3.8, 4) is 0 Å². The number of nitrogens with two attached hydrogens (primary N) is 1. The van der Waals surface area contributed by atoms with Crippen LogP contribution in [0.3, 0.4) is 0 Å². The van der Waals surface area contributed by atoms with Gasteiger partial charge in [-0.3, -0.25) is 4.79 Å². The second-order valence-electron chi connectivity index (χ2n) is 4.52. The van der Waals surface area contributed by atoms with Crippen LogP contribution in [0.5, 0.6) is 0 Å². The van der Waals surface area contributed by atoms with Gasteiger partial charge in [-0.2, -0.15) is 0 Å². The lowest BCUT2D eigenvalue weighted by Crippen LogP contribution is -2.31. The molecule has 1 heterocycles. The molecule has 1 aromatic heterocycles. The molecule has 0 bridgehead atoms. The summed E-state index contributed by atoms with van der Waals surface area (Å²) in [7, 11) is 3.92. The number of hydrogen-bond acceptors (Lipinski definition) is 4. The van der Waals surface area contributed by atoms with Crippen LogP contribution < -0.4 is 11.1 Å². The highest BCUT2D eigenvalue weighted by atomic mass is 35.5. The SMILES string of the molecule is CN(C)CCNC(=O)c1sc2cccc(Cl)c2c1N. The Morgan fingerprint density at radius 3 is 2.84 bits per heavy atom. The highest BCUT2D eigenvalue weighted by Crippen LogP contribution is 2.37. The molecule has 3 N–H and O–H groups in total. The van der Waals surface area contributed by atoms with E-state index in [1.165, 1.54) is 11.3 Å². The molecule has 2 aromatic rings. The van der Waals surface area contributed by atoms with Gasteiger partial charge >= 0.3 is 0 Å². The van der Waals surface area contributed by atoms with E-state index in [0.717, 1.165) is 16.6 Å². The Morgan fingerprint density at radius 1 is 1.47 bits per heavy atom. The van der Waals surface area contributed by atoms with Gasteiger partial charge in [0.1, 0.15) is 4.88 Å². The number of carbonyl (C=O) groups is 1. The largest absolute Gasteiger partial charge is 0.397 e. The average Bonchev–Trinajstić information content (AvgIpc) is 2.67. The highest BCUT2D eigenvalue weighted by Gasteiger charge is 2.17. The molecule has 0 unspecified atom stereocenters. The Bertz CT molecular complexity index is 609. The van der Waals surface area contributed by atoms with Crippen molar-refractivity contribution >= 4 is 44.6 Å². The molecule has 0 aliphatic rings. The minimum absolute atomic E-state index is 0.142. The van der Waals surface area contributed by atoms with E-state index < -0.39 is 0 Å². The highest BCUT2D eigenvalue weighted by molar-refractivity contribution is 7.21.